The minimum atomic E-state index is -0.525. The van der Waals surface area contributed by atoms with Crippen molar-refractivity contribution in [2.24, 2.45) is 28.8 Å². The van der Waals surface area contributed by atoms with Crippen LogP contribution in [-0.2, 0) is 16.2 Å². The Morgan fingerprint density at radius 3 is 2.47 bits per heavy atom. The Kier molecular flexibility index (Phi) is 4.84. The van der Waals surface area contributed by atoms with Crippen molar-refractivity contribution < 1.29 is 19.2 Å². The predicted molar refractivity (Wildman–Crippen MR) is 116 cm³/mol. The van der Waals surface area contributed by atoms with Crippen molar-refractivity contribution in [1.29, 1.82) is 0 Å². The number of hydrazone groups is 1. The summed E-state index contributed by atoms with van der Waals surface area (Å²) in [5.74, 6) is -1.08. The lowest BCUT2D eigenvalue weighted by Gasteiger charge is -2.13. The molecule has 2 aromatic carbocycles. The lowest BCUT2D eigenvalue weighted by molar-refractivity contribution is -0.385. The summed E-state index contributed by atoms with van der Waals surface area (Å²) < 4.78 is 5.83. The maximum atomic E-state index is 12.8. The van der Waals surface area contributed by atoms with Gasteiger partial charge < -0.3 is 4.74 Å². The van der Waals surface area contributed by atoms with Crippen LogP contribution in [0.25, 0.3) is 0 Å². The molecule has 5 rings (SSSR count). The number of hydrogen-bond donors (Lipinski definition) is 0. The molecule has 3 aliphatic rings. The van der Waals surface area contributed by atoms with Crippen LogP contribution in [0.1, 0.15) is 23.1 Å². The lowest BCUT2D eigenvalue weighted by Crippen LogP contribution is -2.28. The van der Waals surface area contributed by atoms with Crippen molar-refractivity contribution in [3.05, 3.63) is 81.4 Å². The smallest absolute Gasteiger partial charge is 0.311 e. The van der Waals surface area contributed by atoms with Gasteiger partial charge in [0.25, 0.3) is 11.8 Å². The number of ether oxygens (including phenoxy) is 1. The second kappa shape index (κ2) is 7.71. The molecule has 1 saturated carbocycles. The number of aryl methyl sites for hydroxylation is 1. The minimum absolute atomic E-state index is 0.0452. The van der Waals surface area contributed by atoms with Crippen LogP contribution in [-0.4, -0.2) is 28.0 Å². The van der Waals surface area contributed by atoms with E-state index in [2.05, 4.69) is 5.10 Å². The van der Waals surface area contributed by atoms with Gasteiger partial charge in [0.1, 0.15) is 6.61 Å². The maximum Gasteiger partial charge on any atom is 0.311 e. The number of fused-ring (bicyclic) bond motifs is 5. The fraction of sp³-hybridized carbons (Fsp3) is 0.292. The van der Waals surface area contributed by atoms with Crippen molar-refractivity contribution in [3.8, 4) is 5.75 Å². The van der Waals surface area contributed by atoms with E-state index in [1.54, 1.807) is 6.07 Å². The quantitative estimate of drug-likeness (QED) is 0.229. The summed E-state index contributed by atoms with van der Waals surface area (Å²) in [4.78, 5) is 36.7. The molecule has 0 radical (unpaired) electrons. The number of amides is 2. The molecule has 8 nitrogen and oxygen atoms in total. The van der Waals surface area contributed by atoms with Crippen LogP contribution in [0.4, 0.5) is 5.69 Å². The molecule has 2 amide bonds. The Hall–Kier alpha value is -3.81. The zero-order valence-corrected chi connectivity index (χ0v) is 17.4. The number of benzene rings is 2. The molecule has 0 spiro atoms. The summed E-state index contributed by atoms with van der Waals surface area (Å²) in [5, 5.41) is 16.6. The minimum Gasteiger partial charge on any atom is -0.481 e. The molecule has 0 aromatic heterocycles. The highest BCUT2D eigenvalue weighted by molar-refractivity contribution is 6.07. The average Bonchev–Trinajstić information content (AvgIpc) is 3.45. The number of rotatable bonds is 6. The van der Waals surface area contributed by atoms with Gasteiger partial charge in [0.2, 0.25) is 5.75 Å². The van der Waals surface area contributed by atoms with Gasteiger partial charge >= 0.3 is 5.69 Å². The second-order valence-corrected chi connectivity index (χ2v) is 8.46. The Bertz CT molecular complexity index is 1160. The van der Waals surface area contributed by atoms with Gasteiger partial charge in [0, 0.05) is 11.6 Å². The highest BCUT2D eigenvalue weighted by atomic mass is 16.6. The molecule has 1 aliphatic heterocycles. The normalized spacial score (nSPS) is 25.7. The Labute approximate surface area is 184 Å². The van der Waals surface area contributed by atoms with E-state index in [1.807, 2.05) is 43.3 Å². The molecule has 2 aromatic rings. The van der Waals surface area contributed by atoms with Gasteiger partial charge in [-0.1, -0.05) is 48.0 Å². The van der Waals surface area contributed by atoms with Gasteiger partial charge in [0.05, 0.1) is 23.0 Å². The van der Waals surface area contributed by atoms with Crippen LogP contribution in [0.2, 0.25) is 0 Å². The molecule has 0 N–H and O–H groups in total. The van der Waals surface area contributed by atoms with Crippen molar-refractivity contribution in [2.75, 3.05) is 0 Å². The number of nitro groups is 1. The van der Waals surface area contributed by atoms with Crippen LogP contribution in [0.3, 0.4) is 0 Å². The van der Waals surface area contributed by atoms with Crippen LogP contribution in [0.5, 0.6) is 5.75 Å². The number of allylic oxidation sites excluding steroid dienone is 2. The number of nitrogens with zero attached hydrogens (tertiary/aromatic N) is 3. The zero-order chi connectivity index (χ0) is 22.4. The summed E-state index contributed by atoms with van der Waals surface area (Å²) in [6.45, 7) is 2.09. The van der Waals surface area contributed by atoms with E-state index >= 15 is 0 Å². The first-order chi connectivity index (χ1) is 15.4. The molecule has 2 fully saturated rings. The molecule has 2 bridgehead atoms. The van der Waals surface area contributed by atoms with Gasteiger partial charge in [-0.15, -0.1) is 0 Å². The van der Waals surface area contributed by atoms with Crippen LogP contribution in [0, 0.1) is 40.7 Å². The largest absolute Gasteiger partial charge is 0.481 e. The molecule has 4 unspecified atom stereocenters. The summed E-state index contributed by atoms with van der Waals surface area (Å²) in [6.07, 6.45) is 6.17. The van der Waals surface area contributed by atoms with Gasteiger partial charge in [-0.3, -0.25) is 19.7 Å². The van der Waals surface area contributed by atoms with Crippen LogP contribution in [0.15, 0.2) is 59.7 Å². The van der Waals surface area contributed by atoms with Gasteiger partial charge in [-0.25, -0.2) is 0 Å². The monoisotopic (exact) mass is 431 g/mol. The highest BCUT2D eigenvalue weighted by Gasteiger charge is 2.59. The topological polar surface area (TPSA) is 102 Å². The number of hydrogen-bond acceptors (Lipinski definition) is 6. The Morgan fingerprint density at radius 1 is 1.12 bits per heavy atom. The number of nitro benzene ring substituents is 1. The van der Waals surface area contributed by atoms with E-state index in [1.165, 1.54) is 18.3 Å². The van der Waals surface area contributed by atoms with E-state index in [4.69, 9.17) is 4.74 Å². The number of carbonyl (C=O) groups excluding carboxylic acids is 2. The third kappa shape index (κ3) is 3.28. The first-order valence-electron chi connectivity index (χ1n) is 10.5. The van der Waals surface area contributed by atoms with E-state index in [0.717, 1.165) is 22.6 Å². The Balaban J connectivity index is 1.42. The first kappa shape index (κ1) is 20.1. The molecular formula is C24H21N3O5. The van der Waals surface area contributed by atoms with Crippen LogP contribution >= 0.6 is 0 Å². The van der Waals surface area contributed by atoms with E-state index < -0.39 is 4.92 Å². The van der Waals surface area contributed by atoms with Crippen molar-refractivity contribution in [1.82, 2.24) is 5.01 Å². The number of imide groups is 1. The number of para-hydroxylation sites is 1. The van der Waals surface area contributed by atoms with E-state index in [9.17, 15) is 19.7 Å². The van der Waals surface area contributed by atoms with Crippen molar-refractivity contribution >= 4 is 23.7 Å². The summed E-state index contributed by atoms with van der Waals surface area (Å²) in [6, 6.07) is 12.1. The predicted octanol–water partition coefficient (Wildman–Crippen LogP) is 3.62. The molecule has 32 heavy (non-hydrogen) atoms. The molecule has 2 aliphatic carbocycles. The molecule has 4 atom stereocenters. The van der Waals surface area contributed by atoms with Crippen LogP contribution < -0.4 is 4.74 Å². The SMILES string of the molecule is Cc1cccc(COc2c(C=NN3C(=O)C4C5C=CC(C5)C4C3=O)cccc2[N+](=O)[O-])c1. The third-order valence-electron chi connectivity index (χ3n) is 6.45. The molecule has 162 valence electrons. The fourth-order valence-corrected chi connectivity index (χ4v) is 5.02. The molecule has 8 heteroatoms. The van der Waals surface area contributed by atoms with Gasteiger partial charge in [-0.2, -0.15) is 10.1 Å². The second-order valence-electron chi connectivity index (χ2n) is 8.46. The summed E-state index contributed by atoms with van der Waals surface area (Å²) in [5.41, 5.74) is 2.03. The Morgan fingerprint density at radius 2 is 1.81 bits per heavy atom. The molecule has 1 saturated heterocycles. The highest BCUT2D eigenvalue weighted by Crippen LogP contribution is 2.52. The van der Waals surface area contributed by atoms with E-state index in [0.29, 0.717) is 5.56 Å². The lowest BCUT2D eigenvalue weighted by atomic mass is 9.85. The standard InChI is InChI=1S/C24H21N3O5/c1-14-4-2-5-15(10-14)13-32-22-18(6-3-7-19(22)27(30)31)12-25-26-23(28)20-16-8-9-17(11-16)21(20)24(26)29/h2-10,12,16-17,20-21H,11,13H2,1H3. The third-order valence-corrected chi connectivity index (χ3v) is 6.45. The first-order valence-corrected chi connectivity index (χ1v) is 10.5. The fourth-order valence-electron chi connectivity index (χ4n) is 5.02. The van der Waals surface area contributed by atoms with Gasteiger partial charge in [0.15, 0.2) is 0 Å². The average molecular weight is 431 g/mol. The summed E-state index contributed by atoms with van der Waals surface area (Å²) in [7, 11) is 0. The molecular weight excluding hydrogens is 410 g/mol. The summed E-state index contributed by atoms with van der Waals surface area (Å²) >= 11 is 0. The maximum absolute atomic E-state index is 12.8. The van der Waals surface area contributed by atoms with Crippen molar-refractivity contribution in [3.63, 3.8) is 0 Å². The zero-order valence-electron chi connectivity index (χ0n) is 17.4. The van der Waals surface area contributed by atoms with Gasteiger partial charge in [-0.05, 0) is 36.8 Å². The van der Waals surface area contributed by atoms with Crippen molar-refractivity contribution in [2.45, 2.75) is 20.0 Å². The molecule has 1 heterocycles. The van der Waals surface area contributed by atoms with E-state index in [-0.39, 0.29) is 53.5 Å². The number of carbonyl (C=O) groups is 2.